The van der Waals surface area contributed by atoms with Crippen molar-refractivity contribution in [3.8, 4) is 11.5 Å². The average molecular weight is 455 g/mol. The molecule has 0 saturated heterocycles. The Morgan fingerprint density at radius 2 is 1.77 bits per heavy atom. The van der Waals surface area contributed by atoms with E-state index in [2.05, 4.69) is 0 Å². The Hall–Kier alpha value is -2.29. The maximum Gasteiger partial charge on any atom is 0.307 e. The minimum absolute atomic E-state index is 0.0198. The van der Waals surface area contributed by atoms with Crippen molar-refractivity contribution in [2.45, 2.75) is 43.6 Å². The Morgan fingerprint density at radius 1 is 1.10 bits per heavy atom. The second kappa shape index (κ2) is 8.83. The molecular weight excluding hydrogens is 432 g/mol. The summed E-state index contributed by atoms with van der Waals surface area (Å²) in [6.45, 7) is 5.16. The monoisotopic (exact) mass is 454 g/mol. The molecule has 0 aliphatic carbocycles. The maximum atomic E-state index is 12.6. The molecule has 2 aromatic rings. The van der Waals surface area contributed by atoms with E-state index >= 15 is 0 Å². The van der Waals surface area contributed by atoms with Crippen molar-refractivity contribution in [1.29, 1.82) is 0 Å². The standard InChI is InChI=1S/C21H23ClO7S/c1-21(2,3)29-20(23)11-15(14-4-9-18-19(10-14)27-13-26-18)12-28-30(24,25)17-7-5-16(22)6-8-17/h4-10,15H,11-13H2,1-3H3/t15-/m1/s1. The highest BCUT2D eigenvalue weighted by Crippen LogP contribution is 2.36. The molecule has 0 radical (unpaired) electrons. The van der Waals surface area contributed by atoms with Gasteiger partial charge in [0, 0.05) is 10.9 Å². The Kier molecular flexibility index (Phi) is 6.59. The first-order chi connectivity index (χ1) is 14.0. The van der Waals surface area contributed by atoms with Crippen molar-refractivity contribution in [3.05, 3.63) is 53.1 Å². The number of hydrogen-bond donors (Lipinski definition) is 0. The topological polar surface area (TPSA) is 88.1 Å². The quantitative estimate of drug-likeness (QED) is 0.455. The fraction of sp³-hybridized carbons (Fsp3) is 0.381. The Balaban J connectivity index is 1.80. The predicted molar refractivity (Wildman–Crippen MR) is 110 cm³/mol. The summed E-state index contributed by atoms with van der Waals surface area (Å²) in [7, 11) is -4.03. The fourth-order valence-electron chi connectivity index (χ4n) is 2.87. The van der Waals surface area contributed by atoms with Gasteiger partial charge in [0.2, 0.25) is 6.79 Å². The van der Waals surface area contributed by atoms with E-state index in [4.69, 9.17) is 30.0 Å². The summed E-state index contributed by atoms with van der Waals surface area (Å²) in [5.74, 6) is 0.0841. The first-order valence-corrected chi connectivity index (χ1v) is 11.1. The van der Waals surface area contributed by atoms with Crippen LogP contribution in [0, 0.1) is 0 Å². The predicted octanol–water partition coefficient (Wildman–Crippen LogP) is 4.29. The van der Waals surface area contributed by atoms with Crippen LogP contribution in [0.2, 0.25) is 5.02 Å². The summed E-state index contributed by atoms with van der Waals surface area (Å²) < 4.78 is 46.5. The number of carbonyl (C=O) groups is 1. The molecule has 0 N–H and O–H groups in total. The van der Waals surface area contributed by atoms with Crippen LogP contribution in [0.5, 0.6) is 11.5 Å². The van der Waals surface area contributed by atoms with Gasteiger partial charge in [0.1, 0.15) is 5.60 Å². The SMILES string of the molecule is CC(C)(C)OC(=O)C[C@H](COS(=O)(=O)c1ccc(Cl)cc1)c1ccc2c(c1)OCO2. The molecule has 0 fully saturated rings. The number of halogens is 1. The van der Waals surface area contributed by atoms with Crippen LogP contribution in [0.15, 0.2) is 47.4 Å². The van der Waals surface area contributed by atoms with E-state index in [0.29, 0.717) is 22.1 Å². The molecule has 1 aliphatic rings. The maximum absolute atomic E-state index is 12.6. The molecule has 2 aromatic carbocycles. The number of benzene rings is 2. The van der Waals surface area contributed by atoms with Gasteiger partial charge < -0.3 is 14.2 Å². The summed E-state index contributed by atoms with van der Waals surface area (Å²) in [5.41, 5.74) is 0.0173. The van der Waals surface area contributed by atoms with Gasteiger partial charge in [0.05, 0.1) is 17.9 Å². The summed E-state index contributed by atoms with van der Waals surface area (Å²) in [4.78, 5) is 12.4. The van der Waals surface area contributed by atoms with Crippen LogP contribution in [0.4, 0.5) is 0 Å². The van der Waals surface area contributed by atoms with Gasteiger partial charge in [-0.25, -0.2) is 0 Å². The van der Waals surface area contributed by atoms with Crippen LogP contribution < -0.4 is 9.47 Å². The molecular formula is C21H23ClO7S. The second-order valence-electron chi connectivity index (χ2n) is 7.79. The Labute approximate surface area is 181 Å². The van der Waals surface area contributed by atoms with Crippen molar-refractivity contribution >= 4 is 27.7 Å². The molecule has 0 spiro atoms. The molecule has 9 heteroatoms. The van der Waals surface area contributed by atoms with E-state index in [1.165, 1.54) is 24.3 Å². The van der Waals surface area contributed by atoms with E-state index in [1.54, 1.807) is 39.0 Å². The highest BCUT2D eigenvalue weighted by atomic mass is 35.5. The molecule has 0 aromatic heterocycles. The molecule has 0 amide bonds. The van der Waals surface area contributed by atoms with Gasteiger partial charge in [-0.1, -0.05) is 17.7 Å². The van der Waals surface area contributed by atoms with Crippen LogP contribution >= 0.6 is 11.6 Å². The molecule has 1 aliphatic heterocycles. The summed E-state index contributed by atoms with van der Waals surface area (Å²) in [6, 6.07) is 10.8. The van der Waals surface area contributed by atoms with Crippen LogP contribution in [0.1, 0.15) is 38.7 Å². The Morgan fingerprint density at radius 3 is 2.43 bits per heavy atom. The van der Waals surface area contributed by atoms with Crippen LogP contribution in [0.25, 0.3) is 0 Å². The van der Waals surface area contributed by atoms with Crippen LogP contribution in [-0.2, 0) is 23.8 Å². The van der Waals surface area contributed by atoms with E-state index in [0.717, 1.165) is 0 Å². The summed E-state index contributed by atoms with van der Waals surface area (Å²) in [6.07, 6.45) is -0.0624. The molecule has 1 heterocycles. The number of carbonyl (C=O) groups excluding carboxylic acids is 1. The lowest BCUT2D eigenvalue weighted by Crippen LogP contribution is -2.26. The average Bonchev–Trinajstić information content (AvgIpc) is 3.12. The molecule has 7 nitrogen and oxygen atoms in total. The highest BCUT2D eigenvalue weighted by molar-refractivity contribution is 7.86. The highest BCUT2D eigenvalue weighted by Gasteiger charge is 2.26. The van der Waals surface area contributed by atoms with Gasteiger partial charge in [0.15, 0.2) is 11.5 Å². The van der Waals surface area contributed by atoms with E-state index in [9.17, 15) is 13.2 Å². The van der Waals surface area contributed by atoms with E-state index in [1.807, 2.05) is 0 Å². The summed E-state index contributed by atoms with van der Waals surface area (Å²) in [5, 5.41) is 0.414. The second-order valence-corrected chi connectivity index (χ2v) is 9.84. The molecule has 1 atom stereocenters. The number of esters is 1. The minimum atomic E-state index is -4.03. The number of hydrogen-bond acceptors (Lipinski definition) is 7. The molecule has 0 bridgehead atoms. The van der Waals surface area contributed by atoms with Gasteiger partial charge in [-0.15, -0.1) is 0 Å². The number of fused-ring (bicyclic) bond motifs is 1. The Bertz CT molecular complexity index is 1010. The zero-order valence-corrected chi connectivity index (χ0v) is 18.5. The summed E-state index contributed by atoms with van der Waals surface area (Å²) >= 11 is 5.82. The van der Waals surface area contributed by atoms with Gasteiger partial charge in [-0.05, 0) is 62.7 Å². The zero-order chi connectivity index (χ0) is 21.9. The lowest BCUT2D eigenvalue weighted by Gasteiger charge is -2.22. The van der Waals surface area contributed by atoms with E-state index < -0.39 is 27.6 Å². The molecule has 0 saturated carbocycles. The third kappa shape index (κ3) is 5.87. The molecule has 3 rings (SSSR count). The molecule has 162 valence electrons. The van der Waals surface area contributed by atoms with Crippen LogP contribution in [-0.4, -0.2) is 33.4 Å². The van der Waals surface area contributed by atoms with Crippen molar-refractivity contribution in [2.75, 3.05) is 13.4 Å². The van der Waals surface area contributed by atoms with Gasteiger partial charge >= 0.3 is 5.97 Å². The third-order valence-corrected chi connectivity index (χ3v) is 5.78. The first-order valence-electron chi connectivity index (χ1n) is 9.30. The zero-order valence-electron chi connectivity index (χ0n) is 16.9. The normalized spacial score (nSPS) is 14.4. The largest absolute Gasteiger partial charge is 0.460 e. The number of ether oxygens (including phenoxy) is 3. The first kappa shape index (κ1) is 22.4. The van der Waals surface area contributed by atoms with Gasteiger partial charge in [-0.2, -0.15) is 8.42 Å². The fourth-order valence-corrected chi connectivity index (χ4v) is 3.94. The van der Waals surface area contributed by atoms with Crippen LogP contribution in [0.3, 0.4) is 0 Å². The van der Waals surface area contributed by atoms with Crippen molar-refractivity contribution in [3.63, 3.8) is 0 Å². The number of rotatable bonds is 7. The van der Waals surface area contributed by atoms with Crippen molar-refractivity contribution in [1.82, 2.24) is 0 Å². The lowest BCUT2D eigenvalue weighted by atomic mass is 9.96. The minimum Gasteiger partial charge on any atom is -0.460 e. The van der Waals surface area contributed by atoms with E-state index in [-0.39, 0.29) is 24.7 Å². The van der Waals surface area contributed by atoms with Crippen molar-refractivity contribution in [2.24, 2.45) is 0 Å². The van der Waals surface area contributed by atoms with Crippen molar-refractivity contribution < 1.29 is 31.6 Å². The third-order valence-electron chi connectivity index (χ3n) is 4.23. The van der Waals surface area contributed by atoms with Gasteiger partial charge in [-0.3, -0.25) is 8.98 Å². The molecule has 0 unspecified atom stereocenters. The lowest BCUT2D eigenvalue weighted by molar-refractivity contribution is -0.155. The van der Waals surface area contributed by atoms with Gasteiger partial charge in [0.25, 0.3) is 10.1 Å². The smallest absolute Gasteiger partial charge is 0.307 e. The molecule has 30 heavy (non-hydrogen) atoms.